The van der Waals surface area contributed by atoms with Crippen molar-refractivity contribution in [1.82, 2.24) is 10.3 Å². The number of anilines is 1. The zero-order chi connectivity index (χ0) is 20.5. The first-order chi connectivity index (χ1) is 13.1. The molecule has 1 aromatic heterocycles. The van der Waals surface area contributed by atoms with Crippen molar-refractivity contribution in [3.8, 4) is 0 Å². The number of nitrogens with one attached hydrogen (secondary N) is 2. The van der Waals surface area contributed by atoms with E-state index in [1.54, 1.807) is 0 Å². The van der Waals surface area contributed by atoms with Gasteiger partial charge in [0, 0.05) is 11.9 Å². The van der Waals surface area contributed by atoms with E-state index in [4.69, 9.17) is 0 Å². The molecule has 1 aliphatic heterocycles. The van der Waals surface area contributed by atoms with Crippen LogP contribution in [0.1, 0.15) is 23.7 Å². The van der Waals surface area contributed by atoms with Crippen molar-refractivity contribution >= 4 is 17.5 Å². The molecule has 0 bridgehead atoms. The van der Waals surface area contributed by atoms with Crippen molar-refractivity contribution < 1.29 is 61.8 Å². The summed E-state index contributed by atoms with van der Waals surface area (Å²) in [5.74, 6) is -3.21. The van der Waals surface area contributed by atoms with Gasteiger partial charge >= 0.3 is 35.7 Å². The van der Waals surface area contributed by atoms with Crippen molar-refractivity contribution in [2.24, 2.45) is 0 Å². The van der Waals surface area contributed by atoms with E-state index in [-0.39, 0.29) is 47.2 Å². The van der Waals surface area contributed by atoms with Gasteiger partial charge in [-0.15, -0.1) is 5.76 Å². The van der Waals surface area contributed by atoms with Gasteiger partial charge in [-0.05, 0) is 42.3 Å². The van der Waals surface area contributed by atoms with Crippen LogP contribution in [-0.2, 0) is 15.8 Å². The second-order valence-electron chi connectivity index (χ2n) is 5.96. The van der Waals surface area contributed by atoms with Crippen LogP contribution in [0.15, 0.2) is 53.9 Å². The van der Waals surface area contributed by atoms with E-state index in [0.717, 1.165) is 30.5 Å². The topological polar surface area (TPSA) is 94.2 Å². The minimum absolute atomic E-state index is 0. The number of hydrogen-bond acceptors (Lipinski definition) is 4. The Morgan fingerprint density at radius 1 is 1.17 bits per heavy atom. The number of amides is 2. The van der Waals surface area contributed by atoms with Gasteiger partial charge in [0.05, 0.1) is 11.6 Å². The summed E-state index contributed by atoms with van der Waals surface area (Å²) in [6.07, 6.45) is -4.00. The predicted molar refractivity (Wildman–Crippen MR) is 86.8 cm³/mol. The minimum Gasteiger partial charge on any atom is -0.875 e. The molecule has 6 nitrogen and oxygen atoms in total. The molecule has 11 heteroatoms. The number of nitrogens with zero attached hydrogens (tertiary/aromatic N) is 1. The van der Waals surface area contributed by atoms with E-state index < -0.39 is 46.9 Å². The number of hydrogen-bond donors (Lipinski definition) is 2. The van der Waals surface area contributed by atoms with Crippen molar-refractivity contribution in [2.45, 2.75) is 18.6 Å². The summed E-state index contributed by atoms with van der Waals surface area (Å²) in [5.41, 5.74) is -1.35. The van der Waals surface area contributed by atoms with Gasteiger partial charge in [0.2, 0.25) is 0 Å². The second-order valence-corrected chi connectivity index (χ2v) is 5.96. The standard InChI is InChI=1S/C18H13F4N3O3.Na/c19-10-2-4-11(5-3-10)24-16(27)15-13(26)7-12(25-17(15)28)9-1-6-14(23-8-9)18(20,21)22;/h1-6,8,12,26H,7H2,(H,24,27)(H,25,28);/q;+1/p-1. The number of carbonyl (C=O) groups excluding carboxylic acids is 2. The van der Waals surface area contributed by atoms with Gasteiger partial charge in [-0.25, -0.2) is 4.39 Å². The molecule has 1 unspecified atom stereocenters. The summed E-state index contributed by atoms with van der Waals surface area (Å²) in [6.45, 7) is 0. The summed E-state index contributed by atoms with van der Waals surface area (Å²) in [5, 5.41) is 17.0. The quantitative estimate of drug-likeness (QED) is 0.383. The molecule has 3 rings (SSSR count). The number of benzene rings is 1. The van der Waals surface area contributed by atoms with Crippen molar-refractivity contribution in [3.63, 3.8) is 0 Å². The SMILES string of the molecule is O=C(Nc1ccc(F)cc1)C1=C([O-])CC(c2ccc(C(F)(F)F)nc2)NC1=O.[Na+]. The van der Waals surface area contributed by atoms with Gasteiger partial charge < -0.3 is 15.7 Å². The number of carbonyl (C=O) groups is 2. The molecule has 2 aromatic rings. The molecular weight excluding hydrogens is 405 g/mol. The van der Waals surface area contributed by atoms with Crippen LogP contribution in [0.2, 0.25) is 0 Å². The summed E-state index contributed by atoms with van der Waals surface area (Å²) in [7, 11) is 0. The van der Waals surface area contributed by atoms with Gasteiger partial charge in [-0.2, -0.15) is 13.2 Å². The van der Waals surface area contributed by atoms with E-state index in [1.807, 2.05) is 0 Å². The Bertz CT molecular complexity index is 944. The predicted octanol–water partition coefficient (Wildman–Crippen LogP) is -0.942. The van der Waals surface area contributed by atoms with E-state index in [9.17, 15) is 32.3 Å². The molecule has 29 heavy (non-hydrogen) atoms. The van der Waals surface area contributed by atoms with Crippen molar-refractivity contribution in [3.05, 3.63) is 71.0 Å². The van der Waals surface area contributed by atoms with Gasteiger partial charge in [0.1, 0.15) is 11.5 Å². The van der Waals surface area contributed by atoms with Crippen LogP contribution in [0.25, 0.3) is 0 Å². The Kier molecular flexibility index (Phi) is 7.04. The maximum absolute atomic E-state index is 12.9. The largest absolute Gasteiger partial charge is 1.00 e. The molecule has 1 aromatic carbocycles. The molecule has 146 valence electrons. The Balaban J connectivity index is 0.00000300. The third-order valence-electron chi connectivity index (χ3n) is 4.01. The monoisotopic (exact) mass is 417 g/mol. The maximum Gasteiger partial charge on any atom is 1.00 e. The van der Waals surface area contributed by atoms with Crippen LogP contribution in [0.3, 0.4) is 0 Å². The second kappa shape index (κ2) is 8.93. The third kappa shape index (κ3) is 5.34. The first kappa shape index (κ1) is 22.9. The molecular formula is C18H12F4N3NaO3. The average molecular weight is 417 g/mol. The zero-order valence-corrected chi connectivity index (χ0v) is 17.0. The fourth-order valence-corrected chi connectivity index (χ4v) is 2.63. The van der Waals surface area contributed by atoms with Gasteiger partial charge in [-0.3, -0.25) is 14.6 Å². The van der Waals surface area contributed by atoms with Crippen molar-refractivity contribution in [2.75, 3.05) is 5.32 Å². The van der Waals surface area contributed by atoms with E-state index >= 15 is 0 Å². The molecule has 2 N–H and O–H groups in total. The molecule has 0 fully saturated rings. The Labute approximate surface area is 184 Å². The number of alkyl halides is 3. The molecule has 2 heterocycles. The summed E-state index contributed by atoms with van der Waals surface area (Å²) in [6, 6.07) is 5.65. The zero-order valence-electron chi connectivity index (χ0n) is 15.0. The number of rotatable bonds is 3. The van der Waals surface area contributed by atoms with Gasteiger partial charge in [-0.1, -0.05) is 6.07 Å². The number of aromatic nitrogens is 1. The Hall–Kier alpha value is -2.43. The average Bonchev–Trinajstić information content (AvgIpc) is 2.62. The van der Waals surface area contributed by atoms with Crippen LogP contribution < -0.4 is 45.3 Å². The third-order valence-corrected chi connectivity index (χ3v) is 4.01. The van der Waals surface area contributed by atoms with Crippen LogP contribution in [0.5, 0.6) is 0 Å². The van der Waals surface area contributed by atoms with Crippen molar-refractivity contribution in [1.29, 1.82) is 0 Å². The van der Waals surface area contributed by atoms with Crippen LogP contribution in [0.4, 0.5) is 23.2 Å². The van der Waals surface area contributed by atoms with Crippen LogP contribution >= 0.6 is 0 Å². The minimum atomic E-state index is -4.61. The normalized spacial score (nSPS) is 16.7. The van der Waals surface area contributed by atoms with E-state index in [2.05, 4.69) is 15.6 Å². The molecule has 0 saturated carbocycles. The summed E-state index contributed by atoms with van der Waals surface area (Å²) in [4.78, 5) is 27.7. The molecule has 0 aliphatic carbocycles. The van der Waals surface area contributed by atoms with E-state index in [0.29, 0.717) is 0 Å². The maximum atomic E-state index is 12.9. The number of pyridine rings is 1. The van der Waals surface area contributed by atoms with E-state index in [1.165, 1.54) is 12.1 Å². The molecule has 2 amide bonds. The first-order valence-corrected chi connectivity index (χ1v) is 7.96. The molecule has 0 radical (unpaired) electrons. The Morgan fingerprint density at radius 2 is 1.83 bits per heavy atom. The van der Waals surface area contributed by atoms with Gasteiger partial charge in [0.15, 0.2) is 0 Å². The van der Waals surface area contributed by atoms with Crippen LogP contribution in [-0.4, -0.2) is 16.8 Å². The molecule has 1 atom stereocenters. The summed E-state index contributed by atoms with van der Waals surface area (Å²) >= 11 is 0. The van der Waals surface area contributed by atoms with Crippen LogP contribution in [0, 0.1) is 5.82 Å². The first-order valence-electron chi connectivity index (χ1n) is 7.96. The molecule has 1 aliphatic rings. The number of halogens is 4. The smallest absolute Gasteiger partial charge is 0.875 e. The van der Waals surface area contributed by atoms with Gasteiger partial charge in [0.25, 0.3) is 11.8 Å². The fourth-order valence-electron chi connectivity index (χ4n) is 2.63. The Morgan fingerprint density at radius 3 is 2.34 bits per heavy atom. The summed E-state index contributed by atoms with van der Waals surface area (Å²) < 4.78 is 50.6. The fraction of sp³-hybridized carbons (Fsp3) is 0.167. The molecule has 0 saturated heterocycles. The molecule has 0 spiro atoms.